The second-order valence-corrected chi connectivity index (χ2v) is 3.03. The van der Waals surface area contributed by atoms with Crippen LogP contribution in [0, 0.1) is 0 Å². The number of nitrogens with zero attached hydrogens (tertiary/aromatic N) is 1. The average Bonchev–Trinajstić information content (AvgIpc) is 2.09. The summed E-state index contributed by atoms with van der Waals surface area (Å²) in [6, 6.07) is 0.0663. The van der Waals surface area contributed by atoms with Gasteiger partial charge in [0.1, 0.15) is 6.17 Å². The molecule has 0 aromatic heterocycles. The highest BCUT2D eigenvalue weighted by Gasteiger charge is 2.19. The number of nitrogens with one attached hydrogen (secondary N) is 1. The molecule has 0 aromatic carbocycles. The molecule has 0 heterocycles. The fraction of sp³-hybridized carbons (Fsp3) is 0.857. The third-order valence-electron chi connectivity index (χ3n) is 2.06. The number of alkyl halides is 1. The van der Waals surface area contributed by atoms with Crippen molar-refractivity contribution in [3.63, 3.8) is 0 Å². The molecule has 1 saturated carbocycles. The molecule has 1 aliphatic rings. The Balaban J connectivity index is 2.35. The van der Waals surface area contributed by atoms with Gasteiger partial charge in [0.15, 0.2) is 0 Å². The topological polar surface area (TPSA) is 70.6 Å². The van der Waals surface area contributed by atoms with Crippen LogP contribution in [-0.4, -0.2) is 23.4 Å². The van der Waals surface area contributed by atoms with Gasteiger partial charge in [0.05, 0.1) is 6.04 Å². The Hall–Kier alpha value is -0.840. The molecular weight excluding hydrogens is 161 g/mol. The lowest BCUT2D eigenvalue weighted by Crippen LogP contribution is -2.31. The first-order valence-electron chi connectivity index (χ1n) is 4.10. The summed E-state index contributed by atoms with van der Waals surface area (Å²) in [5, 5.41) is 8.34. The predicted molar refractivity (Wildman–Crippen MR) is 43.7 cm³/mol. The highest BCUT2D eigenvalue weighted by molar-refractivity contribution is 5.76. The van der Waals surface area contributed by atoms with Gasteiger partial charge >= 0.3 is 0 Å². The summed E-state index contributed by atoms with van der Waals surface area (Å²) < 4.78 is 12.6. The van der Waals surface area contributed by atoms with Gasteiger partial charge in [-0.3, -0.25) is 5.21 Å². The van der Waals surface area contributed by atoms with E-state index in [0.29, 0.717) is 25.7 Å². The third kappa shape index (κ3) is 2.65. The molecule has 4 nitrogen and oxygen atoms in total. The molecule has 70 valence electrons. The first kappa shape index (κ1) is 9.25. The molecule has 0 atom stereocenters. The van der Waals surface area contributed by atoms with E-state index in [1.807, 2.05) is 0 Å². The highest BCUT2D eigenvalue weighted by atomic mass is 19.1. The number of guanidine groups is 1. The van der Waals surface area contributed by atoms with Gasteiger partial charge < -0.3 is 5.73 Å². The largest absolute Gasteiger partial charge is 0.368 e. The van der Waals surface area contributed by atoms with Crippen LogP contribution >= 0.6 is 0 Å². The van der Waals surface area contributed by atoms with Crippen molar-refractivity contribution in [1.82, 2.24) is 5.48 Å². The Bertz CT molecular complexity index is 166. The number of rotatable bonds is 1. The second-order valence-electron chi connectivity index (χ2n) is 3.03. The summed E-state index contributed by atoms with van der Waals surface area (Å²) in [6.45, 7) is 0. The molecule has 4 N–H and O–H groups in total. The van der Waals surface area contributed by atoms with E-state index in [0.717, 1.165) is 0 Å². The van der Waals surface area contributed by atoms with E-state index in [4.69, 9.17) is 10.9 Å². The lowest BCUT2D eigenvalue weighted by Gasteiger charge is -2.20. The first-order chi connectivity index (χ1) is 5.72. The van der Waals surface area contributed by atoms with E-state index in [1.54, 1.807) is 5.48 Å². The van der Waals surface area contributed by atoms with Crippen molar-refractivity contribution in [2.45, 2.75) is 37.9 Å². The normalized spacial score (nSPS) is 31.7. The van der Waals surface area contributed by atoms with Gasteiger partial charge in [0.2, 0.25) is 5.96 Å². The third-order valence-corrected chi connectivity index (χ3v) is 2.06. The second kappa shape index (κ2) is 4.25. The minimum atomic E-state index is -0.681. The molecule has 0 saturated heterocycles. The zero-order valence-corrected chi connectivity index (χ0v) is 6.83. The van der Waals surface area contributed by atoms with Crippen LogP contribution in [0.1, 0.15) is 25.7 Å². The van der Waals surface area contributed by atoms with E-state index in [1.165, 1.54) is 0 Å². The van der Waals surface area contributed by atoms with Crippen molar-refractivity contribution in [2.75, 3.05) is 0 Å². The van der Waals surface area contributed by atoms with Crippen LogP contribution in [-0.2, 0) is 0 Å². The minimum absolute atomic E-state index is 0.0114. The fourth-order valence-electron chi connectivity index (χ4n) is 1.39. The van der Waals surface area contributed by atoms with Crippen molar-refractivity contribution in [3.05, 3.63) is 0 Å². The molecule has 0 bridgehead atoms. The van der Waals surface area contributed by atoms with Crippen LogP contribution in [0.25, 0.3) is 0 Å². The molecular formula is C7H14FN3O. The smallest absolute Gasteiger partial charge is 0.213 e. The maximum Gasteiger partial charge on any atom is 0.213 e. The Morgan fingerprint density at radius 1 is 1.42 bits per heavy atom. The molecule has 5 heteroatoms. The summed E-state index contributed by atoms with van der Waals surface area (Å²) in [5.41, 5.74) is 6.99. The quantitative estimate of drug-likeness (QED) is 0.310. The molecule has 0 spiro atoms. The number of hydrogen-bond donors (Lipinski definition) is 3. The summed E-state index contributed by atoms with van der Waals surface area (Å²) in [7, 11) is 0. The van der Waals surface area contributed by atoms with Gasteiger partial charge in [-0.1, -0.05) is 0 Å². The van der Waals surface area contributed by atoms with Crippen LogP contribution < -0.4 is 11.2 Å². The highest BCUT2D eigenvalue weighted by Crippen LogP contribution is 2.22. The Morgan fingerprint density at radius 3 is 2.50 bits per heavy atom. The van der Waals surface area contributed by atoms with Gasteiger partial charge in [-0.2, -0.15) is 0 Å². The predicted octanol–water partition coefficient (Wildman–Crippen LogP) is 0.561. The zero-order valence-electron chi connectivity index (χ0n) is 6.83. The van der Waals surface area contributed by atoms with E-state index in [2.05, 4.69) is 4.99 Å². The standard InChI is InChI=1S/C7H14FN3O/c8-5-1-3-6(4-2-5)10-7(9)11-12/h5-6,12H,1-4H2,(H3,9,10,11). The monoisotopic (exact) mass is 175 g/mol. The van der Waals surface area contributed by atoms with Gasteiger partial charge in [-0.05, 0) is 25.7 Å². The summed E-state index contributed by atoms with van der Waals surface area (Å²) in [6.07, 6.45) is 1.84. The van der Waals surface area contributed by atoms with E-state index >= 15 is 0 Å². The molecule has 12 heavy (non-hydrogen) atoms. The number of aliphatic imine (C=N–C) groups is 1. The lowest BCUT2D eigenvalue weighted by molar-refractivity contribution is 0.224. The summed E-state index contributed by atoms with van der Waals surface area (Å²) in [4.78, 5) is 3.96. The SMILES string of the molecule is NC(=NC1CCC(F)CC1)NO. The zero-order chi connectivity index (χ0) is 8.97. The van der Waals surface area contributed by atoms with Crippen LogP contribution in [0.4, 0.5) is 4.39 Å². The van der Waals surface area contributed by atoms with Crippen molar-refractivity contribution in [1.29, 1.82) is 0 Å². The number of hydroxylamine groups is 1. The number of hydrogen-bond acceptors (Lipinski definition) is 2. The summed E-state index contributed by atoms with van der Waals surface area (Å²) >= 11 is 0. The molecule has 0 unspecified atom stereocenters. The maximum absolute atomic E-state index is 12.6. The number of halogens is 1. The van der Waals surface area contributed by atoms with Crippen LogP contribution in [0.15, 0.2) is 4.99 Å². The Kier molecular flexibility index (Phi) is 3.28. The molecule has 1 aliphatic carbocycles. The molecule has 0 amide bonds. The molecule has 0 aliphatic heterocycles. The lowest BCUT2D eigenvalue weighted by atomic mass is 9.94. The van der Waals surface area contributed by atoms with Gasteiger partial charge in [0, 0.05) is 0 Å². The van der Waals surface area contributed by atoms with Crippen molar-refractivity contribution in [2.24, 2.45) is 10.7 Å². The van der Waals surface area contributed by atoms with Crippen LogP contribution in [0.2, 0.25) is 0 Å². The minimum Gasteiger partial charge on any atom is -0.368 e. The number of nitrogens with two attached hydrogens (primary N) is 1. The van der Waals surface area contributed by atoms with Gasteiger partial charge in [-0.15, -0.1) is 0 Å². The van der Waals surface area contributed by atoms with Gasteiger partial charge in [-0.25, -0.2) is 14.9 Å². The van der Waals surface area contributed by atoms with Gasteiger partial charge in [0.25, 0.3) is 0 Å². The van der Waals surface area contributed by atoms with Crippen LogP contribution in [0.3, 0.4) is 0 Å². The molecule has 1 rings (SSSR count). The van der Waals surface area contributed by atoms with Crippen molar-refractivity contribution in [3.8, 4) is 0 Å². The molecule has 0 radical (unpaired) electrons. The van der Waals surface area contributed by atoms with E-state index < -0.39 is 6.17 Å². The van der Waals surface area contributed by atoms with E-state index in [9.17, 15) is 4.39 Å². The van der Waals surface area contributed by atoms with Crippen molar-refractivity contribution < 1.29 is 9.60 Å². The fourth-order valence-corrected chi connectivity index (χ4v) is 1.39. The van der Waals surface area contributed by atoms with E-state index in [-0.39, 0.29) is 12.0 Å². The summed E-state index contributed by atoms with van der Waals surface area (Å²) in [5.74, 6) is 0.0114. The first-order valence-corrected chi connectivity index (χ1v) is 4.10. The van der Waals surface area contributed by atoms with Crippen molar-refractivity contribution >= 4 is 5.96 Å². The van der Waals surface area contributed by atoms with Crippen LogP contribution in [0.5, 0.6) is 0 Å². The average molecular weight is 175 g/mol. The molecule has 0 aromatic rings. The maximum atomic E-state index is 12.6. The molecule has 1 fully saturated rings. The Labute approximate surface area is 70.6 Å². The Morgan fingerprint density at radius 2 is 2.00 bits per heavy atom.